The minimum atomic E-state index is -2.78. The van der Waals surface area contributed by atoms with Crippen LogP contribution in [-0.4, -0.2) is 14.3 Å². The van der Waals surface area contributed by atoms with Crippen molar-refractivity contribution in [2.75, 3.05) is 0 Å². The van der Waals surface area contributed by atoms with Crippen LogP contribution in [0.25, 0.3) is 0 Å². The first kappa shape index (κ1) is 18.0. The second-order valence-corrected chi connectivity index (χ2v) is 11.1. The Balaban J connectivity index is 2.62. The number of carbonyl (C=O) groups excluding carboxylic acids is 1. The van der Waals surface area contributed by atoms with Crippen molar-refractivity contribution in [2.45, 2.75) is 38.7 Å². The van der Waals surface area contributed by atoms with Crippen molar-refractivity contribution < 1.29 is 9.22 Å². The molecule has 0 fully saturated rings. The first-order valence-corrected chi connectivity index (χ1v) is 10.1. The van der Waals surface area contributed by atoms with Crippen molar-refractivity contribution >= 4 is 24.7 Å². The van der Waals surface area contributed by atoms with Gasteiger partial charge in [0.05, 0.1) is 6.42 Å². The summed E-state index contributed by atoms with van der Waals surface area (Å²) in [6.07, 6.45) is 5.95. The van der Waals surface area contributed by atoms with Crippen molar-refractivity contribution in [3.63, 3.8) is 0 Å². The maximum absolute atomic E-state index is 12.5. The van der Waals surface area contributed by atoms with Gasteiger partial charge in [0.15, 0.2) is 0 Å². The zero-order chi connectivity index (χ0) is 17.6. The number of hydrogen-bond donors (Lipinski definition) is 0. The van der Waals surface area contributed by atoms with E-state index in [1.807, 2.05) is 36.4 Å². The summed E-state index contributed by atoms with van der Waals surface area (Å²) in [6, 6.07) is 20.2. The smallest absolute Gasteiger partial charge is 0.323 e. The lowest BCUT2D eigenvalue weighted by Gasteiger charge is -2.42. The summed E-state index contributed by atoms with van der Waals surface area (Å²) in [5.74, 6) is 2.30. The fourth-order valence-corrected chi connectivity index (χ4v) is 7.42. The van der Waals surface area contributed by atoms with E-state index in [0.29, 0.717) is 6.42 Å². The number of carbonyl (C=O) groups is 1. The average molecular weight is 337 g/mol. The van der Waals surface area contributed by atoms with E-state index >= 15 is 0 Å². The number of hydrogen-bond acceptors (Lipinski definition) is 2. The van der Waals surface area contributed by atoms with Gasteiger partial charge in [0.25, 0.3) is 5.97 Å². The molecule has 0 bridgehead atoms. The lowest BCUT2D eigenvalue weighted by Crippen LogP contribution is -2.67. The molecule has 0 N–H and O–H groups in total. The van der Waals surface area contributed by atoms with Gasteiger partial charge >= 0.3 is 8.32 Å². The van der Waals surface area contributed by atoms with E-state index in [1.165, 1.54) is 0 Å². The highest BCUT2D eigenvalue weighted by molar-refractivity contribution is 7.00. The Labute approximate surface area is 146 Å². The number of terminal acetylenes is 1. The third-order valence-electron chi connectivity index (χ3n) is 4.16. The van der Waals surface area contributed by atoms with Gasteiger partial charge in [-0.3, -0.25) is 4.79 Å². The van der Waals surface area contributed by atoms with Gasteiger partial charge in [-0.2, -0.15) is 0 Å². The first-order chi connectivity index (χ1) is 11.4. The molecule has 0 spiro atoms. The molecule has 2 nitrogen and oxygen atoms in total. The van der Waals surface area contributed by atoms with Crippen LogP contribution in [0.2, 0.25) is 5.04 Å². The van der Waals surface area contributed by atoms with E-state index in [9.17, 15) is 4.79 Å². The summed E-state index contributed by atoms with van der Waals surface area (Å²) in [5, 5.41) is 1.98. The number of rotatable bonds is 5. The lowest BCUT2D eigenvalue weighted by atomic mass is 10.2. The van der Waals surface area contributed by atoms with Crippen LogP contribution < -0.4 is 10.4 Å². The highest BCUT2D eigenvalue weighted by atomic mass is 28.4. The van der Waals surface area contributed by atoms with Crippen LogP contribution >= 0.6 is 0 Å². The van der Waals surface area contributed by atoms with Gasteiger partial charge < -0.3 is 4.43 Å². The van der Waals surface area contributed by atoms with E-state index < -0.39 is 8.32 Å². The second-order valence-electron chi connectivity index (χ2n) is 6.84. The van der Waals surface area contributed by atoms with Crippen molar-refractivity contribution in [3.05, 3.63) is 60.7 Å². The topological polar surface area (TPSA) is 26.3 Å². The minimum absolute atomic E-state index is 0.207. The summed E-state index contributed by atoms with van der Waals surface area (Å²) in [6.45, 7) is 6.44. The SMILES string of the molecule is C#CCCC(=O)O[Si](c1ccccc1)(c1ccccc1)C(C)(C)C. The van der Waals surface area contributed by atoms with Gasteiger partial charge in [0.2, 0.25) is 0 Å². The molecule has 0 radical (unpaired) electrons. The number of benzene rings is 2. The third kappa shape index (κ3) is 3.60. The standard InChI is InChI=1S/C21H24O2Si/c1-5-6-17-20(22)23-24(21(2,3)4,18-13-9-7-10-14-18)19-15-11-8-12-16-19/h1,7-16H,6,17H2,2-4H3. The van der Waals surface area contributed by atoms with Gasteiger partial charge in [-0.1, -0.05) is 81.4 Å². The highest BCUT2D eigenvalue weighted by Gasteiger charge is 2.52. The van der Waals surface area contributed by atoms with Crippen LogP contribution in [0.1, 0.15) is 33.6 Å². The molecule has 0 aliphatic rings. The van der Waals surface area contributed by atoms with Crippen molar-refractivity contribution in [2.24, 2.45) is 0 Å². The summed E-state index contributed by atoms with van der Waals surface area (Å²) in [4.78, 5) is 12.5. The Morgan fingerprint density at radius 3 is 1.83 bits per heavy atom. The van der Waals surface area contributed by atoms with Gasteiger partial charge in [0, 0.05) is 6.42 Å². The van der Waals surface area contributed by atoms with Crippen molar-refractivity contribution in [1.82, 2.24) is 0 Å². The fourth-order valence-electron chi connectivity index (χ4n) is 3.05. The first-order valence-electron chi connectivity index (χ1n) is 8.18. The Hall–Kier alpha value is -2.31. The molecular formula is C21H24O2Si. The van der Waals surface area contributed by atoms with Crippen LogP contribution in [0.15, 0.2) is 60.7 Å². The molecule has 0 atom stereocenters. The maximum Gasteiger partial charge on any atom is 0.323 e. The lowest BCUT2D eigenvalue weighted by molar-refractivity contribution is -0.135. The molecule has 124 valence electrons. The molecular weight excluding hydrogens is 312 g/mol. The van der Waals surface area contributed by atoms with E-state index in [0.717, 1.165) is 10.4 Å². The molecule has 2 rings (SSSR count). The highest BCUT2D eigenvalue weighted by Crippen LogP contribution is 2.37. The largest absolute Gasteiger partial charge is 0.509 e. The second kappa shape index (κ2) is 7.50. The third-order valence-corrected chi connectivity index (χ3v) is 9.10. The molecule has 24 heavy (non-hydrogen) atoms. The molecule has 3 heteroatoms. The molecule has 0 heterocycles. The monoisotopic (exact) mass is 336 g/mol. The summed E-state index contributed by atoms with van der Waals surface area (Å²) >= 11 is 0. The molecule has 0 aliphatic carbocycles. The molecule has 0 unspecified atom stereocenters. The molecule has 2 aromatic rings. The Morgan fingerprint density at radius 2 is 1.46 bits per heavy atom. The summed E-state index contributed by atoms with van der Waals surface area (Å²) in [5.41, 5.74) is 0. The van der Waals surface area contributed by atoms with Gasteiger partial charge in [0.1, 0.15) is 0 Å². The summed E-state index contributed by atoms with van der Waals surface area (Å²) < 4.78 is 6.28. The Bertz CT molecular complexity index is 669. The average Bonchev–Trinajstić information content (AvgIpc) is 2.58. The Kier molecular flexibility index (Phi) is 5.64. The quantitative estimate of drug-likeness (QED) is 0.617. The van der Waals surface area contributed by atoms with Crippen LogP contribution in [0.3, 0.4) is 0 Å². The molecule has 0 amide bonds. The molecule has 2 aromatic carbocycles. The summed E-state index contributed by atoms with van der Waals surface area (Å²) in [7, 11) is -2.78. The van der Waals surface area contributed by atoms with Crippen molar-refractivity contribution in [3.8, 4) is 12.3 Å². The van der Waals surface area contributed by atoms with E-state index in [1.54, 1.807) is 0 Å². The normalized spacial score (nSPS) is 11.6. The fraction of sp³-hybridized carbons (Fsp3) is 0.286. The predicted molar refractivity (Wildman–Crippen MR) is 102 cm³/mol. The molecule has 0 aromatic heterocycles. The van der Waals surface area contributed by atoms with E-state index in [-0.39, 0.29) is 17.4 Å². The van der Waals surface area contributed by atoms with Crippen LogP contribution in [0.5, 0.6) is 0 Å². The maximum atomic E-state index is 12.5. The zero-order valence-electron chi connectivity index (χ0n) is 14.6. The molecule has 0 saturated heterocycles. The van der Waals surface area contributed by atoms with Crippen LogP contribution in [0, 0.1) is 12.3 Å². The van der Waals surface area contributed by atoms with E-state index in [2.05, 4.69) is 51.0 Å². The van der Waals surface area contributed by atoms with Crippen LogP contribution in [0.4, 0.5) is 0 Å². The van der Waals surface area contributed by atoms with Gasteiger partial charge in [-0.25, -0.2) is 0 Å². The van der Waals surface area contributed by atoms with Gasteiger partial charge in [-0.15, -0.1) is 12.3 Å². The molecule has 0 aliphatic heterocycles. The molecule has 0 saturated carbocycles. The Morgan fingerprint density at radius 1 is 1.00 bits per heavy atom. The predicted octanol–water partition coefficient (Wildman–Crippen LogP) is 3.50. The van der Waals surface area contributed by atoms with Crippen molar-refractivity contribution in [1.29, 1.82) is 0 Å². The zero-order valence-corrected chi connectivity index (χ0v) is 15.6. The van der Waals surface area contributed by atoms with Crippen LogP contribution in [-0.2, 0) is 9.22 Å². The van der Waals surface area contributed by atoms with Gasteiger partial charge in [-0.05, 0) is 15.4 Å². The van der Waals surface area contributed by atoms with E-state index in [4.69, 9.17) is 10.8 Å². The minimum Gasteiger partial charge on any atom is -0.509 e.